The van der Waals surface area contributed by atoms with Crippen LogP contribution >= 0.6 is 0 Å². The van der Waals surface area contributed by atoms with Crippen LogP contribution in [0.15, 0.2) is 83.8 Å². The van der Waals surface area contributed by atoms with Gasteiger partial charge >= 0.3 is 0 Å². The molecule has 4 heteroatoms. The highest BCUT2D eigenvalue weighted by Gasteiger charge is 2.24. The molecular weight excluding hydrogens is 293 g/mol. The van der Waals surface area contributed by atoms with Crippen molar-refractivity contribution in [1.29, 1.82) is 0 Å². The molecule has 0 unspecified atom stereocenters. The Kier molecular flexibility index (Phi) is 4.15. The molecule has 0 fully saturated rings. The standard InChI is InChI=1S/C19H14FNO2/c20-16-11-12-17(22)21(13-16)18(14-7-3-1-4-8-14)19(23)15-9-5-2-6-10-15/h1-13,18H/t18-/m0/s1. The van der Waals surface area contributed by atoms with Crippen molar-refractivity contribution in [2.24, 2.45) is 0 Å². The maximum Gasteiger partial charge on any atom is 0.251 e. The third kappa shape index (κ3) is 3.11. The molecule has 23 heavy (non-hydrogen) atoms. The molecule has 0 saturated carbocycles. The molecule has 0 amide bonds. The van der Waals surface area contributed by atoms with E-state index in [1.54, 1.807) is 48.5 Å². The molecule has 0 aliphatic heterocycles. The first-order valence-corrected chi connectivity index (χ1v) is 7.19. The van der Waals surface area contributed by atoms with Crippen LogP contribution in [0.1, 0.15) is 22.0 Å². The van der Waals surface area contributed by atoms with E-state index in [0.29, 0.717) is 11.1 Å². The van der Waals surface area contributed by atoms with Crippen LogP contribution in [0.2, 0.25) is 0 Å². The van der Waals surface area contributed by atoms with E-state index in [1.807, 2.05) is 12.1 Å². The van der Waals surface area contributed by atoms with Crippen molar-refractivity contribution in [2.75, 3.05) is 0 Å². The Hall–Kier alpha value is -3.01. The molecule has 0 radical (unpaired) electrons. The lowest BCUT2D eigenvalue weighted by Gasteiger charge is -2.19. The number of hydrogen-bond donors (Lipinski definition) is 0. The van der Waals surface area contributed by atoms with Gasteiger partial charge in [0, 0.05) is 17.8 Å². The molecular formula is C19H14FNO2. The van der Waals surface area contributed by atoms with Gasteiger partial charge in [-0.3, -0.25) is 14.2 Å². The Morgan fingerprint density at radius 3 is 2.13 bits per heavy atom. The van der Waals surface area contributed by atoms with Gasteiger partial charge < -0.3 is 0 Å². The van der Waals surface area contributed by atoms with Gasteiger partial charge in [-0.2, -0.15) is 0 Å². The van der Waals surface area contributed by atoms with Crippen molar-refractivity contribution in [1.82, 2.24) is 4.57 Å². The van der Waals surface area contributed by atoms with Gasteiger partial charge in [0.25, 0.3) is 5.56 Å². The minimum Gasteiger partial charge on any atom is -0.298 e. The van der Waals surface area contributed by atoms with Gasteiger partial charge in [-0.25, -0.2) is 4.39 Å². The summed E-state index contributed by atoms with van der Waals surface area (Å²) in [7, 11) is 0. The number of carbonyl (C=O) groups is 1. The minimum absolute atomic E-state index is 0.260. The number of hydrogen-bond acceptors (Lipinski definition) is 2. The second-order valence-corrected chi connectivity index (χ2v) is 5.14. The Morgan fingerprint density at radius 2 is 1.48 bits per heavy atom. The summed E-state index contributed by atoms with van der Waals surface area (Å²) in [5, 5.41) is 0. The summed E-state index contributed by atoms with van der Waals surface area (Å²) in [5.41, 5.74) is 0.677. The highest BCUT2D eigenvalue weighted by atomic mass is 19.1. The third-order valence-electron chi connectivity index (χ3n) is 3.60. The number of nitrogens with zero attached hydrogens (tertiary/aromatic N) is 1. The fourth-order valence-electron chi connectivity index (χ4n) is 2.51. The predicted octanol–water partition coefficient (Wildman–Crippen LogP) is 3.46. The van der Waals surface area contributed by atoms with Crippen LogP contribution in [0.5, 0.6) is 0 Å². The number of halogens is 1. The molecule has 0 aliphatic carbocycles. The number of pyridine rings is 1. The van der Waals surface area contributed by atoms with Crippen LogP contribution in [0.25, 0.3) is 0 Å². The zero-order valence-corrected chi connectivity index (χ0v) is 12.2. The molecule has 1 heterocycles. The Bertz CT molecular complexity index is 873. The summed E-state index contributed by atoms with van der Waals surface area (Å²) in [4.78, 5) is 25.1. The van der Waals surface area contributed by atoms with Crippen molar-refractivity contribution >= 4 is 5.78 Å². The first kappa shape index (κ1) is 14.9. The van der Waals surface area contributed by atoms with Crippen LogP contribution in [-0.2, 0) is 0 Å². The van der Waals surface area contributed by atoms with Gasteiger partial charge in [0.1, 0.15) is 11.9 Å². The molecule has 3 aromatic rings. The van der Waals surface area contributed by atoms with Crippen molar-refractivity contribution in [3.63, 3.8) is 0 Å². The lowest BCUT2D eigenvalue weighted by atomic mass is 9.97. The summed E-state index contributed by atoms with van der Waals surface area (Å²) < 4.78 is 14.8. The number of benzene rings is 2. The van der Waals surface area contributed by atoms with E-state index in [9.17, 15) is 14.0 Å². The number of aromatic nitrogens is 1. The lowest BCUT2D eigenvalue weighted by Crippen LogP contribution is -2.30. The Labute approximate surface area is 132 Å². The Morgan fingerprint density at radius 1 is 0.870 bits per heavy atom. The molecule has 2 aromatic carbocycles. The van der Waals surface area contributed by atoms with E-state index in [-0.39, 0.29) is 5.78 Å². The number of rotatable bonds is 4. The SMILES string of the molecule is O=C(c1ccccc1)[C@H](c1ccccc1)n1cc(F)ccc1=O. The van der Waals surface area contributed by atoms with Crippen molar-refractivity contribution in [2.45, 2.75) is 6.04 Å². The van der Waals surface area contributed by atoms with Crippen LogP contribution < -0.4 is 5.56 Å². The molecule has 0 aliphatic rings. The number of Topliss-reactive ketones (excluding diaryl/α,β-unsaturated/α-hetero) is 1. The Balaban J connectivity index is 2.17. The molecule has 0 bridgehead atoms. The van der Waals surface area contributed by atoms with Gasteiger partial charge in [0.15, 0.2) is 5.78 Å². The van der Waals surface area contributed by atoms with E-state index in [0.717, 1.165) is 22.9 Å². The molecule has 1 atom stereocenters. The van der Waals surface area contributed by atoms with E-state index in [1.165, 1.54) is 0 Å². The van der Waals surface area contributed by atoms with Gasteiger partial charge in [-0.05, 0) is 11.6 Å². The summed E-state index contributed by atoms with van der Waals surface area (Å²) in [6, 6.07) is 18.9. The second kappa shape index (κ2) is 6.40. The zero-order valence-electron chi connectivity index (χ0n) is 12.2. The smallest absolute Gasteiger partial charge is 0.251 e. The number of carbonyl (C=O) groups excluding carboxylic acids is 1. The quantitative estimate of drug-likeness (QED) is 0.692. The fraction of sp³-hybridized carbons (Fsp3) is 0.0526. The zero-order chi connectivity index (χ0) is 16.2. The van der Waals surface area contributed by atoms with Gasteiger partial charge in [-0.1, -0.05) is 60.7 Å². The van der Waals surface area contributed by atoms with Crippen LogP contribution in [0.4, 0.5) is 4.39 Å². The normalized spacial score (nSPS) is 11.9. The number of ketones is 1. The van der Waals surface area contributed by atoms with Crippen molar-refractivity contribution < 1.29 is 9.18 Å². The van der Waals surface area contributed by atoms with E-state index in [2.05, 4.69) is 0 Å². The fourth-order valence-corrected chi connectivity index (χ4v) is 2.51. The topological polar surface area (TPSA) is 39.1 Å². The second-order valence-electron chi connectivity index (χ2n) is 5.14. The van der Waals surface area contributed by atoms with Crippen LogP contribution in [-0.4, -0.2) is 10.4 Å². The highest BCUT2D eigenvalue weighted by molar-refractivity contribution is 6.00. The van der Waals surface area contributed by atoms with Crippen LogP contribution in [0, 0.1) is 5.82 Å². The summed E-state index contributed by atoms with van der Waals surface area (Å²) in [6.07, 6.45) is 1.07. The molecule has 3 rings (SSSR count). The van der Waals surface area contributed by atoms with Gasteiger partial charge in [-0.15, -0.1) is 0 Å². The molecule has 0 N–H and O–H groups in total. The average molecular weight is 307 g/mol. The molecule has 0 spiro atoms. The molecule has 1 aromatic heterocycles. The highest BCUT2D eigenvalue weighted by Crippen LogP contribution is 2.22. The van der Waals surface area contributed by atoms with Crippen LogP contribution in [0.3, 0.4) is 0 Å². The average Bonchev–Trinajstić information content (AvgIpc) is 2.60. The summed E-state index contributed by atoms with van der Waals surface area (Å²) in [6.45, 7) is 0. The van der Waals surface area contributed by atoms with Gasteiger partial charge in [0.2, 0.25) is 0 Å². The predicted molar refractivity (Wildman–Crippen MR) is 86.0 cm³/mol. The lowest BCUT2D eigenvalue weighted by molar-refractivity contribution is 0.0943. The minimum atomic E-state index is -0.901. The maximum absolute atomic E-state index is 13.6. The van der Waals surface area contributed by atoms with E-state index in [4.69, 9.17) is 0 Å². The molecule has 3 nitrogen and oxygen atoms in total. The van der Waals surface area contributed by atoms with Crippen molar-refractivity contribution in [3.8, 4) is 0 Å². The molecule has 114 valence electrons. The largest absolute Gasteiger partial charge is 0.298 e. The molecule has 0 saturated heterocycles. The monoisotopic (exact) mass is 307 g/mol. The van der Waals surface area contributed by atoms with E-state index >= 15 is 0 Å². The summed E-state index contributed by atoms with van der Waals surface area (Å²) >= 11 is 0. The van der Waals surface area contributed by atoms with Gasteiger partial charge in [0.05, 0.1) is 0 Å². The maximum atomic E-state index is 13.6. The third-order valence-corrected chi connectivity index (χ3v) is 3.60. The first-order chi connectivity index (χ1) is 11.2. The first-order valence-electron chi connectivity index (χ1n) is 7.19. The van der Waals surface area contributed by atoms with E-state index < -0.39 is 17.4 Å². The van der Waals surface area contributed by atoms with Crippen molar-refractivity contribution in [3.05, 3.63) is 106 Å². The summed E-state index contributed by atoms with van der Waals surface area (Å²) in [5.74, 6) is -0.823.